The Hall–Kier alpha value is -1.34. The summed E-state index contributed by atoms with van der Waals surface area (Å²) in [5.41, 5.74) is 3.59. The second kappa shape index (κ2) is 8.76. The van der Waals surface area contributed by atoms with E-state index in [9.17, 15) is 0 Å². The molecule has 0 atom stereocenters. The molecule has 7 heteroatoms. The zero-order valence-corrected chi connectivity index (χ0v) is 14.1. The normalized spacial score (nSPS) is 10.4. The Bertz CT molecular complexity index is 495. The lowest BCUT2D eigenvalue weighted by Crippen LogP contribution is -2.31. The van der Waals surface area contributed by atoms with E-state index in [0.29, 0.717) is 23.2 Å². The first-order valence-electron chi connectivity index (χ1n) is 6.19. The molecule has 20 heavy (non-hydrogen) atoms. The van der Waals surface area contributed by atoms with Crippen LogP contribution in [0.15, 0.2) is 21.7 Å². The van der Waals surface area contributed by atoms with E-state index in [1.54, 1.807) is 13.3 Å². The van der Waals surface area contributed by atoms with Gasteiger partial charge in [-0.25, -0.2) is 0 Å². The maximum Gasteiger partial charge on any atom is 0.186 e. The molecule has 1 rings (SSSR count). The lowest BCUT2D eigenvalue weighted by Gasteiger charge is -2.11. The molecule has 0 radical (unpaired) electrons. The molecule has 0 spiro atoms. The third-order valence-electron chi connectivity index (χ3n) is 2.29. The van der Waals surface area contributed by atoms with Gasteiger partial charge in [-0.05, 0) is 54.1 Å². The average Bonchev–Trinajstić information content (AvgIpc) is 2.42. The highest BCUT2D eigenvalue weighted by molar-refractivity contribution is 9.10. The van der Waals surface area contributed by atoms with Gasteiger partial charge < -0.3 is 14.8 Å². The number of hydrogen-bond acceptors (Lipinski definition) is 4. The van der Waals surface area contributed by atoms with Crippen LogP contribution >= 0.6 is 28.1 Å². The SMILES string of the molecule is CCNC(=S)N/N=C\c1cc(OC)c(OCC)cc1Br. The van der Waals surface area contributed by atoms with E-state index in [2.05, 4.69) is 31.8 Å². The fraction of sp³-hybridized carbons (Fsp3) is 0.385. The molecule has 0 heterocycles. The Balaban J connectivity index is 2.85. The number of thiocarbonyl (C=S) groups is 1. The minimum absolute atomic E-state index is 0.484. The first-order chi connectivity index (χ1) is 9.62. The number of halogens is 1. The molecule has 0 aliphatic rings. The summed E-state index contributed by atoms with van der Waals surface area (Å²) >= 11 is 8.49. The molecule has 0 aromatic heterocycles. The predicted octanol–water partition coefficient (Wildman–Crippen LogP) is 2.67. The second-order valence-electron chi connectivity index (χ2n) is 3.69. The van der Waals surface area contributed by atoms with Crippen LogP contribution < -0.4 is 20.2 Å². The van der Waals surface area contributed by atoms with E-state index in [0.717, 1.165) is 16.6 Å². The van der Waals surface area contributed by atoms with Gasteiger partial charge in [0.25, 0.3) is 0 Å². The van der Waals surface area contributed by atoms with Crippen LogP contribution in [0.2, 0.25) is 0 Å². The second-order valence-corrected chi connectivity index (χ2v) is 4.95. The Morgan fingerprint density at radius 2 is 2.15 bits per heavy atom. The van der Waals surface area contributed by atoms with Crippen LogP contribution in [0.3, 0.4) is 0 Å². The van der Waals surface area contributed by atoms with Crippen LogP contribution in [0.25, 0.3) is 0 Å². The topological polar surface area (TPSA) is 54.9 Å². The van der Waals surface area contributed by atoms with Crippen molar-refractivity contribution in [1.82, 2.24) is 10.7 Å². The van der Waals surface area contributed by atoms with E-state index < -0.39 is 0 Å². The molecule has 0 fully saturated rings. The van der Waals surface area contributed by atoms with Crippen LogP contribution in [0.5, 0.6) is 11.5 Å². The van der Waals surface area contributed by atoms with E-state index in [-0.39, 0.29) is 0 Å². The lowest BCUT2D eigenvalue weighted by molar-refractivity contribution is 0.310. The Kier molecular flexibility index (Phi) is 7.32. The van der Waals surface area contributed by atoms with Crippen molar-refractivity contribution in [1.29, 1.82) is 0 Å². The summed E-state index contributed by atoms with van der Waals surface area (Å²) in [5.74, 6) is 1.35. The van der Waals surface area contributed by atoms with E-state index in [1.807, 2.05) is 26.0 Å². The molecule has 0 saturated carbocycles. The zero-order valence-electron chi connectivity index (χ0n) is 11.7. The molecule has 0 amide bonds. The van der Waals surface area contributed by atoms with E-state index >= 15 is 0 Å². The van der Waals surface area contributed by atoms with Crippen molar-refractivity contribution in [3.8, 4) is 11.5 Å². The number of ether oxygens (including phenoxy) is 2. The van der Waals surface area contributed by atoms with Crippen molar-refractivity contribution >= 4 is 39.5 Å². The van der Waals surface area contributed by atoms with E-state index in [1.165, 1.54) is 0 Å². The minimum atomic E-state index is 0.484. The number of benzene rings is 1. The molecule has 2 N–H and O–H groups in total. The maximum absolute atomic E-state index is 5.49. The molecule has 1 aromatic rings. The molecular weight excluding hydrogens is 342 g/mol. The molecular formula is C13H18BrN3O2S. The number of methoxy groups -OCH3 is 1. The van der Waals surface area contributed by atoms with Gasteiger partial charge in [-0.3, -0.25) is 5.43 Å². The Morgan fingerprint density at radius 3 is 2.75 bits per heavy atom. The summed E-state index contributed by atoms with van der Waals surface area (Å²) in [7, 11) is 1.60. The number of hydrogen-bond donors (Lipinski definition) is 2. The quantitative estimate of drug-likeness (QED) is 0.464. The standard InChI is InChI=1S/C13H18BrN3O2S/c1-4-15-13(20)17-16-8-9-6-11(18-3)12(19-5-2)7-10(9)14/h6-8H,4-5H2,1-3H3,(H2,15,17,20)/b16-8-. The molecule has 0 aliphatic carbocycles. The van der Waals surface area contributed by atoms with Crippen molar-refractivity contribution in [3.63, 3.8) is 0 Å². The van der Waals surface area contributed by atoms with E-state index in [4.69, 9.17) is 21.7 Å². The summed E-state index contributed by atoms with van der Waals surface area (Å²) in [6.45, 7) is 5.22. The number of rotatable bonds is 6. The van der Waals surface area contributed by atoms with Crippen molar-refractivity contribution in [2.24, 2.45) is 5.10 Å². The summed E-state index contributed by atoms with van der Waals surface area (Å²) < 4.78 is 11.6. The minimum Gasteiger partial charge on any atom is -0.493 e. The fourth-order valence-electron chi connectivity index (χ4n) is 1.44. The Morgan fingerprint density at radius 1 is 1.40 bits per heavy atom. The van der Waals surface area contributed by atoms with Gasteiger partial charge in [0.2, 0.25) is 0 Å². The molecule has 0 aliphatic heterocycles. The van der Waals surface area contributed by atoms with Crippen LogP contribution in [-0.2, 0) is 0 Å². The molecule has 110 valence electrons. The lowest BCUT2D eigenvalue weighted by atomic mass is 10.2. The Labute approximate surface area is 132 Å². The summed E-state index contributed by atoms with van der Waals surface area (Å²) in [6.07, 6.45) is 1.66. The highest BCUT2D eigenvalue weighted by atomic mass is 79.9. The average molecular weight is 360 g/mol. The van der Waals surface area contributed by atoms with Gasteiger partial charge >= 0.3 is 0 Å². The maximum atomic E-state index is 5.49. The van der Waals surface area contributed by atoms with Gasteiger partial charge in [-0.15, -0.1) is 0 Å². The largest absolute Gasteiger partial charge is 0.493 e. The van der Waals surface area contributed by atoms with Crippen molar-refractivity contribution in [2.45, 2.75) is 13.8 Å². The molecule has 0 bridgehead atoms. The summed E-state index contributed by atoms with van der Waals surface area (Å²) in [6, 6.07) is 3.70. The molecule has 0 saturated heterocycles. The molecule has 1 aromatic carbocycles. The smallest absolute Gasteiger partial charge is 0.186 e. The molecule has 0 unspecified atom stereocenters. The van der Waals surface area contributed by atoms with Crippen LogP contribution in [0.1, 0.15) is 19.4 Å². The summed E-state index contributed by atoms with van der Waals surface area (Å²) in [5, 5.41) is 7.50. The summed E-state index contributed by atoms with van der Waals surface area (Å²) in [4.78, 5) is 0. The highest BCUT2D eigenvalue weighted by Gasteiger charge is 2.08. The van der Waals surface area contributed by atoms with Gasteiger partial charge in [0, 0.05) is 16.6 Å². The fourth-order valence-corrected chi connectivity index (χ4v) is 2.06. The van der Waals surface area contributed by atoms with Crippen LogP contribution in [0, 0.1) is 0 Å². The van der Waals surface area contributed by atoms with Gasteiger partial charge in [-0.1, -0.05) is 0 Å². The van der Waals surface area contributed by atoms with Crippen LogP contribution in [-0.4, -0.2) is 31.6 Å². The van der Waals surface area contributed by atoms with Gasteiger partial charge in [-0.2, -0.15) is 5.10 Å². The molecule has 5 nitrogen and oxygen atoms in total. The van der Waals surface area contributed by atoms with Crippen molar-refractivity contribution in [2.75, 3.05) is 20.3 Å². The third-order valence-corrected chi connectivity index (χ3v) is 3.21. The van der Waals surface area contributed by atoms with Gasteiger partial charge in [0.05, 0.1) is 19.9 Å². The zero-order chi connectivity index (χ0) is 15.0. The third kappa shape index (κ3) is 4.97. The predicted molar refractivity (Wildman–Crippen MR) is 88.9 cm³/mol. The first-order valence-corrected chi connectivity index (χ1v) is 7.39. The number of nitrogens with zero attached hydrogens (tertiary/aromatic N) is 1. The monoisotopic (exact) mass is 359 g/mol. The highest BCUT2D eigenvalue weighted by Crippen LogP contribution is 2.32. The first kappa shape index (κ1) is 16.7. The van der Waals surface area contributed by atoms with Gasteiger partial charge in [0.15, 0.2) is 16.6 Å². The van der Waals surface area contributed by atoms with Crippen molar-refractivity contribution < 1.29 is 9.47 Å². The number of nitrogens with one attached hydrogen (secondary N) is 2. The van der Waals surface area contributed by atoms with Gasteiger partial charge in [0.1, 0.15) is 0 Å². The van der Waals surface area contributed by atoms with Crippen molar-refractivity contribution in [3.05, 3.63) is 22.2 Å². The van der Waals surface area contributed by atoms with Crippen LogP contribution in [0.4, 0.5) is 0 Å². The number of hydrazone groups is 1.